The number of carboxylic acid groups (broad SMARTS) is 1. The monoisotopic (exact) mass is 304 g/mol. The normalized spacial score (nSPS) is 11.9. The zero-order valence-electron chi connectivity index (χ0n) is 11.8. The Bertz CT molecular complexity index is 694. The minimum Gasteiger partial charge on any atom is -0.496 e. The molecule has 0 saturated heterocycles. The molecule has 0 spiro atoms. The maximum absolute atomic E-state index is 12.5. The van der Waals surface area contributed by atoms with Crippen molar-refractivity contribution >= 4 is 16.8 Å². The fourth-order valence-corrected chi connectivity index (χ4v) is 3.48. The van der Waals surface area contributed by atoms with Crippen molar-refractivity contribution in [1.29, 1.82) is 0 Å². The van der Waals surface area contributed by atoms with Gasteiger partial charge in [0.25, 0.3) is 0 Å². The molecule has 1 unspecified atom stereocenters. The molecule has 0 saturated carbocycles. The van der Waals surface area contributed by atoms with Crippen LogP contribution in [0.5, 0.6) is 5.75 Å². The first kappa shape index (κ1) is 15.3. The third kappa shape index (κ3) is 3.31. The van der Waals surface area contributed by atoms with Gasteiger partial charge in [-0.3, -0.25) is 4.21 Å². The molecule has 4 nitrogen and oxygen atoms in total. The third-order valence-corrected chi connectivity index (χ3v) is 4.69. The number of carboxylic acids is 1. The third-order valence-electron chi connectivity index (χ3n) is 3.17. The van der Waals surface area contributed by atoms with E-state index in [1.54, 1.807) is 24.3 Å². The maximum Gasteiger partial charge on any atom is 0.339 e. The Morgan fingerprint density at radius 1 is 1.19 bits per heavy atom. The van der Waals surface area contributed by atoms with Crippen molar-refractivity contribution in [3.05, 3.63) is 59.2 Å². The second-order valence-corrected chi connectivity index (χ2v) is 5.97. The van der Waals surface area contributed by atoms with Crippen LogP contribution in [0.15, 0.2) is 47.4 Å². The predicted molar refractivity (Wildman–Crippen MR) is 81.2 cm³/mol. The highest BCUT2D eigenvalue weighted by atomic mass is 32.2. The summed E-state index contributed by atoms with van der Waals surface area (Å²) in [5, 5.41) is 9.34. The van der Waals surface area contributed by atoms with Gasteiger partial charge in [0.05, 0.1) is 23.7 Å². The van der Waals surface area contributed by atoms with Crippen LogP contribution >= 0.6 is 0 Å². The molecule has 0 radical (unpaired) electrons. The van der Waals surface area contributed by atoms with Crippen molar-refractivity contribution in [2.24, 2.45) is 0 Å². The summed E-state index contributed by atoms with van der Waals surface area (Å²) in [4.78, 5) is 12.1. The number of aryl methyl sites for hydroxylation is 1. The minimum absolute atomic E-state index is 0.0712. The molecule has 0 heterocycles. The molecule has 2 aromatic carbocycles. The van der Waals surface area contributed by atoms with Gasteiger partial charge in [-0.1, -0.05) is 30.3 Å². The zero-order chi connectivity index (χ0) is 15.4. The fraction of sp³-hybridized carbons (Fsp3) is 0.188. The van der Waals surface area contributed by atoms with E-state index in [-0.39, 0.29) is 17.1 Å². The summed E-state index contributed by atoms with van der Waals surface area (Å²) in [6.45, 7) is 1.89. The van der Waals surface area contributed by atoms with Crippen molar-refractivity contribution in [1.82, 2.24) is 0 Å². The molecule has 0 amide bonds. The van der Waals surface area contributed by atoms with E-state index in [0.717, 1.165) is 10.5 Å². The van der Waals surface area contributed by atoms with Crippen LogP contribution in [0.4, 0.5) is 0 Å². The van der Waals surface area contributed by atoms with Crippen molar-refractivity contribution in [2.45, 2.75) is 17.6 Å². The fourth-order valence-electron chi connectivity index (χ4n) is 2.14. The van der Waals surface area contributed by atoms with Gasteiger partial charge in [-0.25, -0.2) is 4.79 Å². The van der Waals surface area contributed by atoms with Crippen molar-refractivity contribution in [2.75, 3.05) is 7.11 Å². The molecule has 110 valence electrons. The van der Waals surface area contributed by atoms with Crippen LogP contribution in [0.2, 0.25) is 0 Å². The van der Waals surface area contributed by atoms with Gasteiger partial charge in [0.15, 0.2) is 0 Å². The van der Waals surface area contributed by atoms with Crippen LogP contribution in [0.25, 0.3) is 0 Å². The lowest BCUT2D eigenvalue weighted by Crippen LogP contribution is -2.08. The summed E-state index contributed by atoms with van der Waals surface area (Å²) < 4.78 is 17.6. The predicted octanol–water partition coefficient (Wildman–Crippen LogP) is 3.01. The van der Waals surface area contributed by atoms with Crippen LogP contribution in [-0.4, -0.2) is 22.4 Å². The van der Waals surface area contributed by atoms with E-state index in [2.05, 4.69) is 0 Å². The summed E-state index contributed by atoms with van der Waals surface area (Å²) in [5.41, 5.74) is 1.50. The van der Waals surface area contributed by atoms with E-state index in [9.17, 15) is 14.1 Å². The molecule has 2 rings (SSSR count). The highest BCUT2D eigenvalue weighted by Crippen LogP contribution is 2.25. The van der Waals surface area contributed by atoms with E-state index in [0.29, 0.717) is 5.56 Å². The summed E-state index contributed by atoms with van der Waals surface area (Å²) in [5.74, 6) is -0.657. The van der Waals surface area contributed by atoms with Crippen LogP contribution in [0.1, 0.15) is 21.5 Å². The number of benzene rings is 2. The molecule has 0 fully saturated rings. The zero-order valence-corrected chi connectivity index (χ0v) is 12.6. The Morgan fingerprint density at radius 3 is 2.52 bits per heavy atom. The van der Waals surface area contributed by atoms with E-state index in [1.807, 2.05) is 25.1 Å². The van der Waals surface area contributed by atoms with Crippen LogP contribution in [0.3, 0.4) is 0 Å². The van der Waals surface area contributed by atoms with Crippen LogP contribution < -0.4 is 4.74 Å². The first-order chi connectivity index (χ1) is 10.0. The van der Waals surface area contributed by atoms with Crippen molar-refractivity contribution in [3.63, 3.8) is 0 Å². The Balaban J connectivity index is 2.38. The number of aromatic carboxylic acids is 1. The molecular weight excluding hydrogens is 288 g/mol. The molecule has 0 aliphatic rings. The van der Waals surface area contributed by atoms with E-state index in [4.69, 9.17) is 4.74 Å². The van der Waals surface area contributed by atoms with E-state index >= 15 is 0 Å². The Morgan fingerprint density at radius 2 is 1.90 bits per heavy atom. The number of rotatable bonds is 5. The molecule has 1 N–H and O–H groups in total. The Kier molecular flexibility index (Phi) is 4.75. The van der Waals surface area contributed by atoms with Crippen molar-refractivity contribution < 1.29 is 18.8 Å². The number of carbonyl (C=O) groups is 1. The average Bonchev–Trinajstić information content (AvgIpc) is 2.46. The van der Waals surface area contributed by atoms with Gasteiger partial charge < -0.3 is 9.84 Å². The van der Waals surface area contributed by atoms with Crippen LogP contribution in [-0.2, 0) is 16.6 Å². The lowest BCUT2D eigenvalue weighted by Gasteiger charge is -2.11. The van der Waals surface area contributed by atoms with Gasteiger partial charge in [-0.05, 0) is 30.2 Å². The number of hydrogen-bond donors (Lipinski definition) is 1. The van der Waals surface area contributed by atoms with Gasteiger partial charge in [-0.15, -0.1) is 0 Å². The standard InChI is InChI=1S/C16H16O4S/c1-11-6-3-4-9-14(11)21(19)10-12-7-5-8-13(20-2)15(12)16(17)18/h3-9H,10H2,1-2H3,(H,17,18). The lowest BCUT2D eigenvalue weighted by atomic mass is 10.1. The Labute approximate surface area is 125 Å². The number of hydrogen-bond acceptors (Lipinski definition) is 3. The second kappa shape index (κ2) is 6.54. The molecule has 0 aliphatic heterocycles. The van der Waals surface area contributed by atoms with Gasteiger partial charge in [0.1, 0.15) is 11.3 Å². The number of methoxy groups -OCH3 is 1. The summed E-state index contributed by atoms with van der Waals surface area (Å²) in [7, 11) is 0.119. The molecule has 5 heteroatoms. The van der Waals surface area contributed by atoms with E-state index in [1.165, 1.54) is 7.11 Å². The average molecular weight is 304 g/mol. The quantitative estimate of drug-likeness (QED) is 0.922. The molecule has 2 aromatic rings. The van der Waals surface area contributed by atoms with Gasteiger partial charge >= 0.3 is 5.97 Å². The maximum atomic E-state index is 12.5. The molecule has 0 aromatic heterocycles. The molecular formula is C16H16O4S. The van der Waals surface area contributed by atoms with Crippen LogP contribution in [0, 0.1) is 6.92 Å². The largest absolute Gasteiger partial charge is 0.496 e. The summed E-state index contributed by atoms with van der Waals surface area (Å²) >= 11 is 0. The molecule has 0 aliphatic carbocycles. The SMILES string of the molecule is COc1cccc(CS(=O)c2ccccc2C)c1C(=O)O. The Hall–Kier alpha value is -2.14. The minimum atomic E-state index is -1.30. The van der Waals surface area contributed by atoms with Gasteiger partial charge in [0.2, 0.25) is 0 Å². The smallest absolute Gasteiger partial charge is 0.339 e. The topological polar surface area (TPSA) is 63.6 Å². The summed E-state index contributed by atoms with van der Waals surface area (Å²) in [6, 6.07) is 12.3. The molecule has 21 heavy (non-hydrogen) atoms. The first-order valence-corrected chi connectivity index (χ1v) is 7.69. The molecule has 1 atom stereocenters. The highest BCUT2D eigenvalue weighted by Gasteiger charge is 2.18. The van der Waals surface area contributed by atoms with E-state index < -0.39 is 16.8 Å². The second-order valence-electron chi connectivity index (χ2n) is 4.55. The highest BCUT2D eigenvalue weighted by molar-refractivity contribution is 7.84. The number of ether oxygens (including phenoxy) is 1. The van der Waals surface area contributed by atoms with Gasteiger partial charge in [0, 0.05) is 4.90 Å². The first-order valence-electron chi connectivity index (χ1n) is 6.37. The molecule has 0 bridgehead atoms. The summed E-state index contributed by atoms with van der Waals surface area (Å²) in [6.07, 6.45) is 0. The van der Waals surface area contributed by atoms with Crippen molar-refractivity contribution in [3.8, 4) is 5.75 Å². The van der Waals surface area contributed by atoms with Gasteiger partial charge in [-0.2, -0.15) is 0 Å². The lowest BCUT2D eigenvalue weighted by molar-refractivity contribution is 0.0692.